The number of hydrogen-bond donors (Lipinski definition) is 4. The predicted octanol–water partition coefficient (Wildman–Crippen LogP) is 0.976. The van der Waals surface area contributed by atoms with E-state index in [-0.39, 0.29) is 22.7 Å². The molecule has 1 aliphatic rings. The second kappa shape index (κ2) is 7.16. The number of aliphatic hydroxyl groups excluding tert-OH is 1. The molecule has 3 rings (SSSR count). The van der Waals surface area contributed by atoms with Crippen molar-refractivity contribution in [2.75, 3.05) is 18.2 Å². The Labute approximate surface area is 147 Å². The number of methoxy groups -OCH3 is 1. The van der Waals surface area contributed by atoms with Gasteiger partial charge in [-0.3, -0.25) is 9.78 Å². The van der Waals surface area contributed by atoms with Crippen molar-refractivity contribution in [2.24, 2.45) is 0 Å². The first kappa shape index (κ1) is 17.3. The number of nitrogens with one attached hydrogen (secondary N) is 2. The third-order valence-electron chi connectivity index (χ3n) is 3.87. The SMILES string of the molecule is COC(=O)c1cccc(CCC2Sc3c(nc(N)[nH]c3=O)NC2O)c1. The van der Waals surface area contributed by atoms with E-state index in [2.05, 4.69) is 15.3 Å². The van der Waals surface area contributed by atoms with Crippen LogP contribution in [0.2, 0.25) is 0 Å². The number of nitrogen functional groups attached to an aromatic ring is 1. The molecule has 0 aliphatic carbocycles. The van der Waals surface area contributed by atoms with Gasteiger partial charge in [-0.25, -0.2) is 4.79 Å². The van der Waals surface area contributed by atoms with Crippen molar-refractivity contribution in [1.82, 2.24) is 9.97 Å². The molecule has 0 radical (unpaired) electrons. The molecule has 132 valence electrons. The minimum absolute atomic E-state index is 0.00197. The van der Waals surface area contributed by atoms with Crippen LogP contribution in [-0.2, 0) is 11.2 Å². The lowest BCUT2D eigenvalue weighted by atomic mass is 10.0. The fraction of sp³-hybridized carbons (Fsp3) is 0.312. The minimum atomic E-state index is -0.852. The average Bonchev–Trinajstić information content (AvgIpc) is 2.59. The number of esters is 1. The summed E-state index contributed by atoms with van der Waals surface area (Å²) in [6.07, 6.45) is 0.388. The summed E-state index contributed by atoms with van der Waals surface area (Å²) in [5, 5.41) is 12.8. The van der Waals surface area contributed by atoms with E-state index in [4.69, 9.17) is 10.5 Å². The molecule has 0 amide bonds. The highest BCUT2D eigenvalue weighted by Gasteiger charge is 2.30. The van der Waals surface area contributed by atoms with Gasteiger partial charge in [0.1, 0.15) is 11.1 Å². The van der Waals surface area contributed by atoms with Crippen molar-refractivity contribution in [2.45, 2.75) is 29.2 Å². The number of benzene rings is 1. The Morgan fingerprint density at radius 1 is 1.48 bits per heavy atom. The van der Waals surface area contributed by atoms with E-state index in [9.17, 15) is 14.7 Å². The number of nitrogens with two attached hydrogens (primary N) is 1. The van der Waals surface area contributed by atoms with Gasteiger partial charge in [0.25, 0.3) is 5.56 Å². The average molecular weight is 362 g/mol. The summed E-state index contributed by atoms with van der Waals surface area (Å²) in [4.78, 5) is 30.4. The first-order valence-electron chi connectivity index (χ1n) is 7.66. The molecule has 1 aliphatic heterocycles. The molecule has 0 saturated carbocycles. The molecule has 5 N–H and O–H groups in total. The molecule has 9 heteroatoms. The summed E-state index contributed by atoms with van der Waals surface area (Å²) in [5.41, 5.74) is 6.62. The Kier molecular flexibility index (Phi) is 4.95. The number of aromatic amines is 1. The first-order valence-corrected chi connectivity index (χ1v) is 8.54. The molecule has 2 unspecified atom stereocenters. The zero-order valence-corrected chi connectivity index (χ0v) is 14.3. The summed E-state index contributed by atoms with van der Waals surface area (Å²) >= 11 is 1.27. The number of hydrogen-bond acceptors (Lipinski definition) is 8. The Balaban J connectivity index is 1.72. The smallest absolute Gasteiger partial charge is 0.337 e. The largest absolute Gasteiger partial charge is 0.465 e. The molecule has 0 fully saturated rings. The fourth-order valence-electron chi connectivity index (χ4n) is 2.63. The van der Waals surface area contributed by atoms with Crippen LogP contribution in [-0.4, -0.2) is 39.6 Å². The molecule has 1 aromatic carbocycles. The standard InChI is InChI=1S/C16H18N4O4S/c1-24-15(23)9-4-2-3-8(7-9)5-6-10-13(21)18-12-11(25-10)14(22)20-16(17)19-12/h2-4,7,10,13,21H,5-6H2,1H3,(H4,17,18,19,20,22). The number of ether oxygens (including phenoxy) is 1. The molecule has 0 saturated heterocycles. The van der Waals surface area contributed by atoms with Gasteiger partial charge in [-0.2, -0.15) is 4.98 Å². The van der Waals surface area contributed by atoms with Crippen LogP contribution in [0, 0.1) is 0 Å². The number of nitrogens with zero attached hydrogens (tertiary/aromatic N) is 1. The van der Waals surface area contributed by atoms with Crippen LogP contribution in [0.15, 0.2) is 34.0 Å². The van der Waals surface area contributed by atoms with Gasteiger partial charge in [0.05, 0.1) is 17.9 Å². The molecule has 2 atom stereocenters. The maximum absolute atomic E-state index is 12.0. The Bertz CT molecular complexity index is 854. The number of aromatic nitrogens is 2. The predicted molar refractivity (Wildman–Crippen MR) is 94.6 cm³/mol. The van der Waals surface area contributed by atoms with Crippen LogP contribution < -0.4 is 16.6 Å². The number of carbonyl (C=O) groups is 1. The summed E-state index contributed by atoms with van der Waals surface area (Å²) < 4.78 is 4.72. The van der Waals surface area contributed by atoms with Crippen molar-refractivity contribution in [1.29, 1.82) is 0 Å². The second-order valence-electron chi connectivity index (χ2n) is 5.61. The molecular formula is C16H18N4O4S. The quantitative estimate of drug-likeness (QED) is 0.592. The van der Waals surface area contributed by atoms with E-state index in [0.717, 1.165) is 5.56 Å². The highest BCUT2D eigenvalue weighted by molar-refractivity contribution is 8.00. The fourth-order valence-corrected chi connectivity index (χ4v) is 3.74. The van der Waals surface area contributed by atoms with Gasteiger partial charge >= 0.3 is 5.97 Å². The second-order valence-corrected chi connectivity index (χ2v) is 6.85. The molecule has 25 heavy (non-hydrogen) atoms. The molecule has 0 bridgehead atoms. The highest BCUT2D eigenvalue weighted by atomic mass is 32.2. The topological polar surface area (TPSA) is 130 Å². The summed E-state index contributed by atoms with van der Waals surface area (Å²) in [7, 11) is 1.34. The lowest BCUT2D eigenvalue weighted by Crippen LogP contribution is -2.37. The molecule has 1 aromatic heterocycles. The Hall–Kier alpha value is -2.52. The number of aliphatic hydroxyl groups is 1. The van der Waals surface area contributed by atoms with Crippen LogP contribution in [0.25, 0.3) is 0 Å². The van der Waals surface area contributed by atoms with Gasteiger partial charge in [0.15, 0.2) is 5.82 Å². The zero-order chi connectivity index (χ0) is 18.0. The van der Waals surface area contributed by atoms with Crippen LogP contribution in [0.4, 0.5) is 11.8 Å². The van der Waals surface area contributed by atoms with E-state index in [1.165, 1.54) is 18.9 Å². The van der Waals surface area contributed by atoms with E-state index in [1.54, 1.807) is 18.2 Å². The van der Waals surface area contributed by atoms with Crippen molar-refractivity contribution in [3.05, 3.63) is 45.7 Å². The number of aryl methyl sites for hydroxylation is 1. The van der Waals surface area contributed by atoms with Crippen LogP contribution in [0.3, 0.4) is 0 Å². The van der Waals surface area contributed by atoms with Crippen molar-refractivity contribution >= 4 is 29.5 Å². The molecule has 0 spiro atoms. The van der Waals surface area contributed by atoms with Crippen LogP contribution >= 0.6 is 11.8 Å². The first-order chi connectivity index (χ1) is 12.0. The number of H-pyrrole nitrogens is 1. The van der Waals surface area contributed by atoms with Gasteiger partial charge in [-0.05, 0) is 30.5 Å². The number of carbonyl (C=O) groups excluding carboxylic acids is 1. The maximum Gasteiger partial charge on any atom is 0.337 e. The number of fused-ring (bicyclic) bond motifs is 1. The molecule has 8 nitrogen and oxygen atoms in total. The highest BCUT2D eigenvalue weighted by Crippen LogP contribution is 2.35. The van der Waals surface area contributed by atoms with Gasteiger partial charge < -0.3 is 20.9 Å². The third-order valence-corrected chi connectivity index (χ3v) is 5.28. The zero-order valence-electron chi connectivity index (χ0n) is 13.5. The minimum Gasteiger partial charge on any atom is -0.465 e. The van der Waals surface area contributed by atoms with Crippen molar-refractivity contribution in [3.8, 4) is 0 Å². The lowest BCUT2D eigenvalue weighted by Gasteiger charge is -2.29. The third kappa shape index (κ3) is 3.77. The number of rotatable bonds is 4. The van der Waals surface area contributed by atoms with E-state index in [0.29, 0.717) is 29.1 Å². The van der Waals surface area contributed by atoms with Gasteiger partial charge in [-0.1, -0.05) is 12.1 Å². The van der Waals surface area contributed by atoms with Gasteiger partial charge in [-0.15, -0.1) is 11.8 Å². The van der Waals surface area contributed by atoms with Gasteiger partial charge in [0.2, 0.25) is 5.95 Å². The number of thioether (sulfide) groups is 1. The van der Waals surface area contributed by atoms with E-state index >= 15 is 0 Å². The maximum atomic E-state index is 12.0. The Morgan fingerprint density at radius 2 is 2.28 bits per heavy atom. The van der Waals surface area contributed by atoms with E-state index < -0.39 is 6.23 Å². The van der Waals surface area contributed by atoms with E-state index in [1.807, 2.05) is 6.07 Å². The summed E-state index contributed by atoms with van der Waals surface area (Å²) in [5.74, 6) is -0.0930. The molecule has 2 heterocycles. The summed E-state index contributed by atoms with van der Waals surface area (Å²) in [6, 6.07) is 7.15. The summed E-state index contributed by atoms with van der Waals surface area (Å²) in [6.45, 7) is 0. The molecule has 2 aromatic rings. The van der Waals surface area contributed by atoms with Crippen LogP contribution in [0.1, 0.15) is 22.3 Å². The molecular weight excluding hydrogens is 344 g/mol. The number of anilines is 2. The van der Waals surface area contributed by atoms with Gasteiger partial charge in [0, 0.05) is 0 Å². The van der Waals surface area contributed by atoms with Crippen molar-refractivity contribution < 1.29 is 14.6 Å². The lowest BCUT2D eigenvalue weighted by molar-refractivity contribution is 0.0600. The normalized spacial score (nSPS) is 19.0. The van der Waals surface area contributed by atoms with Crippen molar-refractivity contribution in [3.63, 3.8) is 0 Å². The Morgan fingerprint density at radius 3 is 3.04 bits per heavy atom. The monoisotopic (exact) mass is 362 g/mol. The van der Waals surface area contributed by atoms with Crippen LogP contribution in [0.5, 0.6) is 0 Å².